The van der Waals surface area contributed by atoms with Crippen molar-refractivity contribution in [3.8, 4) is 5.75 Å². The van der Waals surface area contributed by atoms with Crippen LogP contribution in [-0.4, -0.2) is 48.4 Å². The van der Waals surface area contributed by atoms with Crippen LogP contribution in [0.1, 0.15) is 45.7 Å². The third kappa shape index (κ3) is 5.07. The average Bonchev–Trinajstić information content (AvgIpc) is 3.32. The summed E-state index contributed by atoms with van der Waals surface area (Å²) in [6, 6.07) is 16.6. The van der Waals surface area contributed by atoms with E-state index < -0.39 is 0 Å². The highest BCUT2D eigenvalue weighted by atomic mass is 35.5. The lowest BCUT2D eigenvalue weighted by Gasteiger charge is -2.37. The van der Waals surface area contributed by atoms with Crippen molar-refractivity contribution in [2.75, 3.05) is 26.7 Å². The third-order valence-electron chi connectivity index (χ3n) is 5.92. The van der Waals surface area contributed by atoms with Gasteiger partial charge < -0.3 is 14.5 Å². The van der Waals surface area contributed by atoms with Crippen molar-refractivity contribution in [3.05, 3.63) is 86.6 Å². The molecule has 1 atom stereocenters. The minimum absolute atomic E-state index is 0.0431. The molecule has 7 heteroatoms. The van der Waals surface area contributed by atoms with Crippen molar-refractivity contribution in [2.45, 2.75) is 25.8 Å². The van der Waals surface area contributed by atoms with Crippen LogP contribution in [0.25, 0.3) is 0 Å². The highest BCUT2D eigenvalue weighted by Gasteiger charge is 2.34. The maximum absolute atomic E-state index is 13.6. The Bertz CT molecular complexity index is 1110. The molecule has 0 fully saturated rings. The van der Waals surface area contributed by atoms with Crippen LogP contribution in [-0.2, 0) is 11.2 Å². The van der Waals surface area contributed by atoms with Gasteiger partial charge in [0.1, 0.15) is 12.3 Å². The van der Waals surface area contributed by atoms with Crippen LogP contribution in [0.4, 0.5) is 0 Å². The predicted molar refractivity (Wildman–Crippen MR) is 132 cm³/mol. The Morgan fingerprint density at radius 3 is 2.52 bits per heavy atom. The number of benzene rings is 2. The van der Waals surface area contributed by atoms with E-state index >= 15 is 0 Å². The Hall–Kier alpha value is -2.83. The molecule has 0 bridgehead atoms. The summed E-state index contributed by atoms with van der Waals surface area (Å²) in [7, 11) is 1.64. The SMILES string of the molecule is CCCN(CC(=O)N1CCc2sccc2C1c1ccc(OC)cc1)C(=O)c1ccc(Cl)cc1. The molecule has 172 valence electrons. The number of hydrogen-bond acceptors (Lipinski definition) is 4. The lowest BCUT2D eigenvalue weighted by Crippen LogP contribution is -2.47. The molecule has 0 saturated carbocycles. The molecule has 0 saturated heterocycles. The van der Waals surface area contributed by atoms with Crippen molar-refractivity contribution in [1.82, 2.24) is 9.80 Å². The molecule has 5 nitrogen and oxygen atoms in total. The normalized spacial score (nSPS) is 15.1. The number of nitrogens with zero attached hydrogens (tertiary/aromatic N) is 2. The van der Waals surface area contributed by atoms with E-state index in [1.54, 1.807) is 47.6 Å². The summed E-state index contributed by atoms with van der Waals surface area (Å²) in [6.07, 6.45) is 1.59. The predicted octanol–water partition coefficient (Wildman–Crippen LogP) is 5.44. The Balaban J connectivity index is 1.60. The van der Waals surface area contributed by atoms with Gasteiger partial charge in [0.15, 0.2) is 0 Å². The fourth-order valence-electron chi connectivity index (χ4n) is 4.28. The fraction of sp³-hybridized carbons (Fsp3) is 0.308. The molecular formula is C26H27ClN2O3S. The minimum atomic E-state index is -0.174. The van der Waals surface area contributed by atoms with Gasteiger partial charge in [-0.1, -0.05) is 30.7 Å². The van der Waals surface area contributed by atoms with Crippen LogP contribution in [0.2, 0.25) is 5.02 Å². The fourth-order valence-corrected chi connectivity index (χ4v) is 5.31. The van der Waals surface area contributed by atoms with E-state index in [2.05, 4.69) is 11.4 Å². The van der Waals surface area contributed by atoms with Gasteiger partial charge in [0, 0.05) is 28.6 Å². The summed E-state index contributed by atoms with van der Waals surface area (Å²) in [6.45, 7) is 3.18. The quantitative estimate of drug-likeness (QED) is 0.450. The maximum atomic E-state index is 13.6. The molecule has 0 spiro atoms. The molecule has 2 amide bonds. The van der Waals surface area contributed by atoms with Crippen LogP contribution >= 0.6 is 22.9 Å². The summed E-state index contributed by atoms with van der Waals surface area (Å²) in [5.74, 6) is 0.570. The highest BCUT2D eigenvalue weighted by Crippen LogP contribution is 2.38. The van der Waals surface area contributed by atoms with Crippen molar-refractivity contribution < 1.29 is 14.3 Å². The van der Waals surface area contributed by atoms with E-state index in [0.29, 0.717) is 23.7 Å². The van der Waals surface area contributed by atoms with Gasteiger partial charge >= 0.3 is 0 Å². The van der Waals surface area contributed by atoms with E-state index in [1.807, 2.05) is 36.1 Å². The van der Waals surface area contributed by atoms with E-state index in [-0.39, 0.29) is 24.4 Å². The van der Waals surface area contributed by atoms with Gasteiger partial charge in [0.25, 0.3) is 5.91 Å². The third-order valence-corrected chi connectivity index (χ3v) is 7.16. The Morgan fingerprint density at radius 1 is 1.12 bits per heavy atom. The minimum Gasteiger partial charge on any atom is -0.497 e. The van der Waals surface area contributed by atoms with Gasteiger partial charge in [-0.25, -0.2) is 0 Å². The summed E-state index contributed by atoms with van der Waals surface area (Å²) in [5, 5.41) is 2.66. The molecule has 1 aromatic heterocycles. The molecule has 4 rings (SSSR count). The number of rotatable bonds is 7. The van der Waals surface area contributed by atoms with Gasteiger partial charge in [-0.3, -0.25) is 9.59 Å². The Labute approximate surface area is 203 Å². The summed E-state index contributed by atoms with van der Waals surface area (Å²) < 4.78 is 5.31. The van der Waals surface area contributed by atoms with E-state index in [4.69, 9.17) is 16.3 Å². The zero-order valence-electron chi connectivity index (χ0n) is 18.8. The zero-order valence-corrected chi connectivity index (χ0v) is 20.4. The first-order valence-corrected chi connectivity index (χ1v) is 12.3. The van der Waals surface area contributed by atoms with Gasteiger partial charge in [-0.2, -0.15) is 0 Å². The smallest absolute Gasteiger partial charge is 0.254 e. The molecule has 2 aromatic carbocycles. The first-order chi connectivity index (χ1) is 16.0. The van der Waals surface area contributed by atoms with Crippen molar-refractivity contribution in [3.63, 3.8) is 0 Å². The summed E-state index contributed by atoms with van der Waals surface area (Å²) in [4.78, 5) is 31.6. The van der Waals surface area contributed by atoms with E-state index in [1.165, 1.54) is 4.88 Å². The van der Waals surface area contributed by atoms with Crippen LogP contribution in [0.3, 0.4) is 0 Å². The van der Waals surface area contributed by atoms with Crippen LogP contribution in [0.15, 0.2) is 60.0 Å². The monoisotopic (exact) mass is 482 g/mol. The van der Waals surface area contributed by atoms with Gasteiger partial charge in [0.2, 0.25) is 5.91 Å². The first-order valence-electron chi connectivity index (χ1n) is 11.1. The highest BCUT2D eigenvalue weighted by molar-refractivity contribution is 7.10. The average molecular weight is 483 g/mol. The molecule has 0 radical (unpaired) electrons. The number of thiophene rings is 1. The number of hydrogen-bond donors (Lipinski definition) is 0. The second-order valence-corrected chi connectivity index (χ2v) is 9.48. The second-order valence-electron chi connectivity index (χ2n) is 8.05. The number of halogens is 1. The molecule has 1 aliphatic rings. The van der Waals surface area contributed by atoms with Gasteiger partial charge in [0.05, 0.1) is 13.2 Å². The van der Waals surface area contributed by atoms with E-state index in [9.17, 15) is 9.59 Å². The van der Waals surface area contributed by atoms with Crippen LogP contribution < -0.4 is 4.74 Å². The number of amides is 2. The van der Waals surface area contributed by atoms with Crippen molar-refractivity contribution >= 4 is 34.8 Å². The lowest BCUT2D eigenvalue weighted by atomic mass is 9.93. The zero-order chi connectivity index (χ0) is 23.4. The first kappa shape index (κ1) is 23.3. The molecule has 3 aromatic rings. The number of methoxy groups -OCH3 is 1. The summed E-state index contributed by atoms with van der Waals surface area (Å²) >= 11 is 7.71. The maximum Gasteiger partial charge on any atom is 0.254 e. The van der Waals surface area contributed by atoms with Crippen molar-refractivity contribution in [2.24, 2.45) is 0 Å². The molecule has 0 N–H and O–H groups in total. The topological polar surface area (TPSA) is 49.9 Å². The lowest BCUT2D eigenvalue weighted by molar-refractivity contribution is -0.134. The van der Waals surface area contributed by atoms with Crippen molar-refractivity contribution in [1.29, 1.82) is 0 Å². The van der Waals surface area contributed by atoms with Crippen LogP contribution in [0, 0.1) is 0 Å². The number of carbonyl (C=O) groups excluding carboxylic acids is 2. The largest absolute Gasteiger partial charge is 0.497 e. The molecule has 0 aliphatic carbocycles. The number of ether oxygens (including phenoxy) is 1. The standard InChI is InChI=1S/C26H27ClN2O3S/c1-3-14-28(26(31)19-4-8-20(27)9-5-19)17-24(30)29-15-12-23-22(13-16-33-23)25(29)18-6-10-21(32-2)11-7-18/h4-11,13,16,25H,3,12,14-15,17H2,1-2H3. The molecule has 1 aliphatic heterocycles. The van der Waals surface area contributed by atoms with Crippen LogP contribution in [0.5, 0.6) is 5.75 Å². The summed E-state index contributed by atoms with van der Waals surface area (Å²) in [5.41, 5.74) is 2.73. The molecule has 33 heavy (non-hydrogen) atoms. The van der Waals surface area contributed by atoms with Gasteiger partial charge in [-0.05, 0) is 71.8 Å². The second kappa shape index (κ2) is 10.4. The van der Waals surface area contributed by atoms with E-state index in [0.717, 1.165) is 29.7 Å². The molecular weight excluding hydrogens is 456 g/mol. The number of fused-ring (bicyclic) bond motifs is 1. The Kier molecular flexibility index (Phi) is 7.36. The number of carbonyl (C=O) groups is 2. The Morgan fingerprint density at radius 2 is 1.85 bits per heavy atom. The molecule has 2 heterocycles. The van der Waals surface area contributed by atoms with Gasteiger partial charge in [-0.15, -0.1) is 11.3 Å². The molecule has 1 unspecified atom stereocenters.